The van der Waals surface area contributed by atoms with E-state index in [1.54, 1.807) is 24.6 Å². The van der Waals surface area contributed by atoms with Gasteiger partial charge in [0, 0.05) is 11.6 Å². The Morgan fingerprint density at radius 2 is 2.04 bits per heavy atom. The van der Waals surface area contributed by atoms with Crippen molar-refractivity contribution >= 4 is 23.6 Å². The summed E-state index contributed by atoms with van der Waals surface area (Å²) < 4.78 is 1.71. The topological polar surface area (TPSA) is 67.2 Å². The lowest BCUT2D eigenvalue weighted by Gasteiger charge is -2.22. The normalized spacial score (nSPS) is 11.9. The van der Waals surface area contributed by atoms with Crippen LogP contribution in [-0.4, -0.2) is 32.9 Å². The first-order chi connectivity index (χ1) is 11.3. The number of aliphatic hydroxyl groups is 1. The van der Waals surface area contributed by atoms with Gasteiger partial charge in [-0.15, -0.1) is 0 Å². The molecule has 2 rings (SSSR count). The van der Waals surface area contributed by atoms with Gasteiger partial charge in [0.15, 0.2) is 0 Å². The van der Waals surface area contributed by atoms with Crippen molar-refractivity contribution in [3.63, 3.8) is 0 Å². The molecule has 0 fully saturated rings. The van der Waals surface area contributed by atoms with Crippen molar-refractivity contribution in [2.45, 2.75) is 32.9 Å². The zero-order chi connectivity index (χ0) is 17.7. The molecule has 1 aromatic carbocycles. The van der Waals surface area contributed by atoms with Crippen molar-refractivity contribution < 1.29 is 9.90 Å². The van der Waals surface area contributed by atoms with Crippen LogP contribution in [0.1, 0.15) is 30.7 Å². The minimum absolute atomic E-state index is 0.138. The summed E-state index contributed by atoms with van der Waals surface area (Å²) in [5, 5.41) is 16.8. The lowest BCUT2D eigenvalue weighted by atomic mass is 10.1. The molecule has 0 saturated heterocycles. The highest BCUT2D eigenvalue weighted by molar-refractivity contribution is 6.31. The summed E-state index contributed by atoms with van der Waals surface area (Å²) in [6.07, 6.45) is 3.05. The van der Waals surface area contributed by atoms with Gasteiger partial charge in [0.2, 0.25) is 5.91 Å². The number of rotatable bonds is 6. The molecule has 128 valence electrons. The number of carbonyl (C=O) groups is 1. The van der Waals surface area contributed by atoms with Gasteiger partial charge in [-0.25, -0.2) is 4.68 Å². The number of hydrogen-bond donors (Lipinski definition) is 2. The first kappa shape index (κ1) is 18.2. The van der Waals surface area contributed by atoms with Gasteiger partial charge < -0.3 is 10.4 Å². The predicted octanol–water partition coefficient (Wildman–Crippen LogP) is 2.79. The minimum atomic E-state index is -0.669. The molecule has 0 radical (unpaired) electrons. The lowest BCUT2D eigenvalue weighted by Crippen LogP contribution is -2.45. The standard InChI is InChI=1S/C18H22ClN3O2/c1-13-15(9-10-16(24)20-18(2,3)12-23)17(19)22(21-13)11-14-7-5-4-6-8-14/h4-10,23H,11-12H2,1-3H3,(H,20,24)/b10-9+. The van der Waals surface area contributed by atoms with Crippen molar-refractivity contribution in [2.75, 3.05) is 6.61 Å². The second kappa shape index (κ2) is 7.64. The molecule has 0 spiro atoms. The minimum Gasteiger partial charge on any atom is -0.394 e. The summed E-state index contributed by atoms with van der Waals surface area (Å²) in [5.41, 5.74) is 1.89. The molecule has 0 atom stereocenters. The number of aromatic nitrogens is 2. The molecule has 0 bridgehead atoms. The van der Waals surface area contributed by atoms with E-state index in [2.05, 4.69) is 10.4 Å². The van der Waals surface area contributed by atoms with Gasteiger partial charge in [0.05, 0.1) is 24.4 Å². The summed E-state index contributed by atoms with van der Waals surface area (Å²) in [5.74, 6) is -0.291. The van der Waals surface area contributed by atoms with E-state index in [9.17, 15) is 9.90 Å². The fraction of sp³-hybridized carbons (Fsp3) is 0.333. The maximum Gasteiger partial charge on any atom is 0.244 e. The summed E-state index contributed by atoms with van der Waals surface area (Å²) >= 11 is 6.40. The number of amides is 1. The van der Waals surface area contributed by atoms with E-state index in [1.165, 1.54) is 6.08 Å². The Kier molecular flexibility index (Phi) is 5.80. The Labute approximate surface area is 146 Å². The maximum absolute atomic E-state index is 11.9. The second-order valence-electron chi connectivity index (χ2n) is 6.30. The Hall–Kier alpha value is -2.11. The number of nitrogens with zero attached hydrogens (tertiary/aromatic N) is 2. The zero-order valence-corrected chi connectivity index (χ0v) is 14.8. The number of benzene rings is 1. The van der Waals surface area contributed by atoms with Crippen LogP contribution in [0.4, 0.5) is 0 Å². The fourth-order valence-electron chi connectivity index (χ4n) is 2.19. The van der Waals surface area contributed by atoms with E-state index >= 15 is 0 Å². The molecule has 1 heterocycles. The molecule has 0 aliphatic carbocycles. The molecule has 1 amide bonds. The van der Waals surface area contributed by atoms with Gasteiger partial charge in [-0.3, -0.25) is 4.79 Å². The zero-order valence-electron chi connectivity index (χ0n) is 14.1. The smallest absolute Gasteiger partial charge is 0.244 e. The third-order valence-corrected chi connectivity index (χ3v) is 3.94. The summed E-state index contributed by atoms with van der Waals surface area (Å²) in [7, 11) is 0. The molecule has 2 aromatic rings. The summed E-state index contributed by atoms with van der Waals surface area (Å²) in [6.45, 7) is 5.77. The molecule has 6 heteroatoms. The van der Waals surface area contributed by atoms with E-state index in [-0.39, 0.29) is 12.5 Å². The average Bonchev–Trinajstić information content (AvgIpc) is 2.80. The predicted molar refractivity (Wildman–Crippen MR) is 95.9 cm³/mol. The van der Waals surface area contributed by atoms with E-state index in [1.807, 2.05) is 37.3 Å². The van der Waals surface area contributed by atoms with Crippen molar-refractivity contribution in [1.29, 1.82) is 0 Å². The third kappa shape index (κ3) is 4.69. The maximum atomic E-state index is 11.9. The molecule has 2 N–H and O–H groups in total. The Bertz CT molecular complexity index is 736. The number of halogens is 1. The van der Waals surface area contributed by atoms with Crippen LogP contribution < -0.4 is 5.32 Å². The lowest BCUT2D eigenvalue weighted by molar-refractivity contribution is -0.118. The molecule has 1 aromatic heterocycles. The molecule has 0 aliphatic rings. The van der Waals surface area contributed by atoms with Crippen LogP contribution in [0.25, 0.3) is 6.08 Å². The molecular weight excluding hydrogens is 326 g/mol. The fourth-order valence-corrected chi connectivity index (χ4v) is 2.49. The third-order valence-electron chi connectivity index (χ3n) is 3.54. The second-order valence-corrected chi connectivity index (χ2v) is 6.66. The number of aryl methyl sites for hydroxylation is 1. The first-order valence-electron chi connectivity index (χ1n) is 7.70. The van der Waals surface area contributed by atoms with Crippen LogP contribution in [0.15, 0.2) is 36.4 Å². The van der Waals surface area contributed by atoms with Gasteiger partial charge in [-0.1, -0.05) is 41.9 Å². The van der Waals surface area contributed by atoms with Gasteiger partial charge in [0.25, 0.3) is 0 Å². The highest BCUT2D eigenvalue weighted by atomic mass is 35.5. The van der Waals surface area contributed by atoms with E-state index in [4.69, 9.17) is 11.6 Å². The molecule has 5 nitrogen and oxygen atoms in total. The number of aliphatic hydroxyl groups excluding tert-OH is 1. The van der Waals surface area contributed by atoms with Gasteiger partial charge in [-0.2, -0.15) is 5.10 Å². The first-order valence-corrected chi connectivity index (χ1v) is 8.08. The van der Waals surface area contributed by atoms with Crippen LogP contribution in [-0.2, 0) is 11.3 Å². The Morgan fingerprint density at radius 1 is 1.38 bits per heavy atom. The summed E-state index contributed by atoms with van der Waals surface area (Å²) in [4.78, 5) is 11.9. The van der Waals surface area contributed by atoms with Crippen molar-refractivity contribution in [3.05, 3.63) is 58.4 Å². The monoisotopic (exact) mass is 347 g/mol. The van der Waals surface area contributed by atoms with Crippen LogP contribution in [0.2, 0.25) is 5.15 Å². The SMILES string of the molecule is Cc1nn(Cc2ccccc2)c(Cl)c1/C=C/C(=O)NC(C)(C)CO. The highest BCUT2D eigenvalue weighted by Gasteiger charge is 2.18. The quantitative estimate of drug-likeness (QED) is 0.789. The molecular formula is C18H22ClN3O2. The molecule has 24 heavy (non-hydrogen) atoms. The average molecular weight is 348 g/mol. The number of carbonyl (C=O) groups excluding carboxylic acids is 1. The number of nitrogens with one attached hydrogen (secondary N) is 1. The molecule has 0 saturated carbocycles. The van der Waals surface area contributed by atoms with Crippen molar-refractivity contribution in [3.8, 4) is 0 Å². The molecule has 0 unspecified atom stereocenters. The van der Waals surface area contributed by atoms with E-state index in [0.29, 0.717) is 17.3 Å². The van der Waals surface area contributed by atoms with E-state index < -0.39 is 5.54 Å². The van der Waals surface area contributed by atoms with Crippen LogP contribution >= 0.6 is 11.6 Å². The van der Waals surface area contributed by atoms with E-state index in [0.717, 1.165) is 11.3 Å². The summed E-state index contributed by atoms with van der Waals surface area (Å²) in [6, 6.07) is 9.90. The Morgan fingerprint density at radius 3 is 2.67 bits per heavy atom. The van der Waals surface area contributed by atoms with Gasteiger partial charge in [-0.05, 0) is 32.4 Å². The highest BCUT2D eigenvalue weighted by Crippen LogP contribution is 2.22. The van der Waals surface area contributed by atoms with Crippen LogP contribution in [0.3, 0.4) is 0 Å². The largest absolute Gasteiger partial charge is 0.394 e. The number of hydrogen-bond acceptors (Lipinski definition) is 3. The van der Waals surface area contributed by atoms with Crippen LogP contribution in [0, 0.1) is 6.92 Å². The Balaban J connectivity index is 2.14. The van der Waals surface area contributed by atoms with Crippen LogP contribution in [0.5, 0.6) is 0 Å². The van der Waals surface area contributed by atoms with Gasteiger partial charge in [0.1, 0.15) is 5.15 Å². The van der Waals surface area contributed by atoms with Crippen molar-refractivity contribution in [1.82, 2.24) is 15.1 Å². The molecule has 0 aliphatic heterocycles. The van der Waals surface area contributed by atoms with Gasteiger partial charge >= 0.3 is 0 Å². The van der Waals surface area contributed by atoms with Crippen molar-refractivity contribution in [2.24, 2.45) is 0 Å².